The minimum atomic E-state index is -2.78. The Morgan fingerprint density at radius 2 is 2.15 bits per heavy atom. The number of nitrogens with zero attached hydrogens (tertiary/aromatic N) is 2. The van der Waals surface area contributed by atoms with Crippen LogP contribution in [-0.4, -0.2) is 4.98 Å². The first-order chi connectivity index (χ1) is 6.17. The molecule has 1 aromatic heterocycles. The van der Waals surface area contributed by atoms with Crippen LogP contribution in [0.25, 0.3) is 0 Å². The third kappa shape index (κ3) is 2.18. The van der Waals surface area contributed by atoms with Crippen molar-refractivity contribution in [2.45, 2.75) is 13.1 Å². The van der Waals surface area contributed by atoms with Crippen molar-refractivity contribution in [3.05, 3.63) is 29.1 Å². The zero-order chi connectivity index (χ0) is 9.84. The van der Waals surface area contributed by atoms with E-state index in [1.54, 1.807) is 6.07 Å². The van der Waals surface area contributed by atoms with Crippen molar-refractivity contribution in [2.75, 3.05) is 0 Å². The van der Waals surface area contributed by atoms with Gasteiger partial charge in [0.1, 0.15) is 24.1 Å². The Hall–Kier alpha value is -1.57. The Kier molecular flexibility index (Phi) is 2.85. The summed E-state index contributed by atoms with van der Waals surface area (Å²) in [7, 11) is 0. The smallest absolute Gasteiger partial charge is 0.246 e. The zero-order valence-electron chi connectivity index (χ0n) is 6.47. The molecule has 1 rings (SSSR count). The van der Waals surface area contributed by atoms with Crippen LogP contribution in [0.4, 0.5) is 13.2 Å². The lowest BCUT2D eigenvalue weighted by Crippen LogP contribution is -1.95. The van der Waals surface area contributed by atoms with E-state index in [-0.39, 0.29) is 11.3 Å². The molecule has 5 heteroatoms. The summed E-state index contributed by atoms with van der Waals surface area (Å²) in [4.78, 5) is 3.32. The Labute approximate surface area is 72.6 Å². The monoisotopic (exact) mass is 186 g/mol. The first-order valence-corrected chi connectivity index (χ1v) is 3.42. The van der Waals surface area contributed by atoms with Crippen molar-refractivity contribution in [3.63, 3.8) is 0 Å². The molecular weight excluding hydrogens is 181 g/mol. The second-order valence-corrected chi connectivity index (χ2v) is 2.33. The lowest BCUT2D eigenvalue weighted by atomic mass is 10.2. The Bertz CT molecular complexity index is 344. The van der Waals surface area contributed by atoms with Crippen molar-refractivity contribution in [1.82, 2.24) is 4.98 Å². The zero-order valence-corrected chi connectivity index (χ0v) is 6.47. The van der Waals surface area contributed by atoms with Crippen LogP contribution in [0.1, 0.15) is 23.4 Å². The van der Waals surface area contributed by atoms with E-state index in [0.29, 0.717) is 0 Å². The largest absolute Gasteiger partial charge is 0.280 e. The van der Waals surface area contributed by atoms with Crippen molar-refractivity contribution >= 4 is 0 Å². The van der Waals surface area contributed by atoms with E-state index in [4.69, 9.17) is 5.26 Å². The molecule has 2 nitrogen and oxygen atoms in total. The molecule has 68 valence electrons. The molecule has 13 heavy (non-hydrogen) atoms. The van der Waals surface area contributed by atoms with Crippen molar-refractivity contribution < 1.29 is 13.2 Å². The molecule has 0 atom stereocenters. The average molecular weight is 186 g/mol. The van der Waals surface area contributed by atoms with E-state index in [1.807, 2.05) is 0 Å². The molecular formula is C8H5F3N2. The second kappa shape index (κ2) is 3.90. The number of rotatable bonds is 2. The fraction of sp³-hybridized carbons (Fsp3) is 0.250. The number of aromatic nitrogens is 1. The van der Waals surface area contributed by atoms with Gasteiger partial charge in [0, 0.05) is 0 Å². The highest BCUT2D eigenvalue weighted by molar-refractivity contribution is 5.28. The van der Waals surface area contributed by atoms with Crippen LogP contribution >= 0.6 is 0 Å². The van der Waals surface area contributed by atoms with Gasteiger partial charge in [0.2, 0.25) is 0 Å². The minimum absolute atomic E-state index is 0.0434. The highest BCUT2D eigenvalue weighted by Gasteiger charge is 2.11. The van der Waals surface area contributed by atoms with E-state index >= 15 is 0 Å². The van der Waals surface area contributed by atoms with Gasteiger partial charge in [-0.1, -0.05) is 0 Å². The van der Waals surface area contributed by atoms with Gasteiger partial charge in [-0.05, 0) is 17.7 Å². The second-order valence-electron chi connectivity index (χ2n) is 2.33. The predicted octanol–water partition coefficient (Wildman–Crippen LogP) is 2.36. The number of nitriles is 1. The van der Waals surface area contributed by atoms with Gasteiger partial charge in [0.15, 0.2) is 0 Å². The van der Waals surface area contributed by atoms with Crippen LogP contribution in [0.2, 0.25) is 0 Å². The van der Waals surface area contributed by atoms with Gasteiger partial charge in [-0.3, -0.25) is 0 Å². The standard InChI is InChI=1S/C8H5F3N2/c9-3-5-1-6(4-12)13-7(2-5)8(10)11/h1-2,8H,3H2. The van der Waals surface area contributed by atoms with Gasteiger partial charge in [0.25, 0.3) is 6.43 Å². The van der Waals surface area contributed by atoms with E-state index in [2.05, 4.69) is 4.98 Å². The highest BCUT2D eigenvalue weighted by Crippen LogP contribution is 2.18. The fourth-order valence-electron chi connectivity index (χ4n) is 0.857. The molecule has 1 aromatic rings. The Balaban J connectivity index is 3.17. The molecule has 1 heterocycles. The van der Waals surface area contributed by atoms with E-state index in [9.17, 15) is 13.2 Å². The highest BCUT2D eigenvalue weighted by atomic mass is 19.3. The molecule has 0 radical (unpaired) electrons. The molecule has 0 saturated carbocycles. The van der Waals surface area contributed by atoms with Crippen LogP contribution in [0.15, 0.2) is 12.1 Å². The van der Waals surface area contributed by atoms with Crippen LogP contribution in [0.3, 0.4) is 0 Å². The van der Waals surface area contributed by atoms with E-state index in [0.717, 1.165) is 12.1 Å². The third-order valence-corrected chi connectivity index (χ3v) is 1.40. The molecule has 0 bridgehead atoms. The first kappa shape index (κ1) is 9.52. The first-order valence-electron chi connectivity index (χ1n) is 3.42. The lowest BCUT2D eigenvalue weighted by Gasteiger charge is -2.01. The quantitative estimate of drug-likeness (QED) is 0.710. The van der Waals surface area contributed by atoms with Gasteiger partial charge in [-0.2, -0.15) is 5.26 Å². The molecule has 0 N–H and O–H groups in total. The molecule has 0 amide bonds. The molecule has 0 spiro atoms. The van der Waals surface area contributed by atoms with Crippen molar-refractivity contribution in [2.24, 2.45) is 0 Å². The molecule has 0 aliphatic heterocycles. The third-order valence-electron chi connectivity index (χ3n) is 1.40. The normalized spacial score (nSPS) is 10.1. The summed E-state index contributed by atoms with van der Waals surface area (Å²) >= 11 is 0. The van der Waals surface area contributed by atoms with Crippen molar-refractivity contribution in [3.8, 4) is 6.07 Å². The minimum Gasteiger partial charge on any atom is -0.246 e. The summed E-state index contributed by atoms with van der Waals surface area (Å²) in [6, 6.07) is 3.68. The number of alkyl halides is 3. The molecule has 0 fully saturated rings. The van der Waals surface area contributed by atoms with Gasteiger partial charge in [-0.15, -0.1) is 0 Å². The van der Waals surface area contributed by atoms with Crippen LogP contribution < -0.4 is 0 Å². The topological polar surface area (TPSA) is 36.7 Å². The molecule has 0 unspecified atom stereocenters. The SMILES string of the molecule is N#Cc1cc(CF)cc(C(F)F)n1. The molecule has 0 aromatic carbocycles. The molecule has 0 saturated heterocycles. The van der Waals surface area contributed by atoms with E-state index in [1.165, 1.54) is 0 Å². The number of hydrogen-bond acceptors (Lipinski definition) is 2. The van der Waals surface area contributed by atoms with Crippen LogP contribution in [-0.2, 0) is 6.67 Å². The summed E-state index contributed by atoms with van der Waals surface area (Å²) in [6.07, 6.45) is -2.78. The molecule has 0 aliphatic rings. The van der Waals surface area contributed by atoms with Gasteiger partial charge in [0.05, 0.1) is 0 Å². The predicted molar refractivity (Wildman–Crippen MR) is 38.7 cm³/mol. The maximum Gasteiger partial charge on any atom is 0.280 e. The van der Waals surface area contributed by atoms with Crippen LogP contribution in [0, 0.1) is 11.3 Å². The van der Waals surface area contributed by atoms with Crippen LogP contribution in [0.5, 0.6) is 0 Å². The number of halogens is 3. The summed E-state index contributed by atoms with van der Waals surface area (Å²) in [5, 5.41) is 8.38. The molecule has 0 aliphatic carbocycles. The maximum absolute atomic E-state index is 12.1. The number of hydrogen-bond donors (Lipinski definition) is 0. The van der Waals surface area contributed by atoms with Gasteiger partial charge in [-0.25, -0.2) is 18.2 Å². The van der Waals surface area contributed by atoms with E-state index < -0.39 is 18.8 Å². The Morgan fingerprint density at radius 1 is 1.46 bits per heavy atom. The average Bonchev–Trinajstić information content (AvgIpc) is 2.16. The summed E-state index contributed by atoms with van der Waals surface area (Å²) in [5.41, 5.74) is -0.709. The summed E-state index contributed by atoms with van der Waals surface area (Å²) in [6.45, 7) is -0.878. The van der Waals surface area contributed by atoms with Gasteiger partial charge >= 0.3 is 0 Å². The van der Waals surface area contributed by atoms with Crippen molar-refractivity contribution in [1.29, 1.82) is 5.26 Å². The lowest BCUT2D eigenvalue weighted by molar-refractivity contribution is 0.146. The maximum atomic E-state index is 12.1. The summed E-state index contributed by atoms with van der Waals surface area (Å²) < 4.78 is 36.3. The fourth-order valence-corrected chi connectivity index (χ4v) is 0.857. The number of pyridine rings is 1. The van der Waals surface area contributed by atoms with Gasteiger partial charge < -0.3 is 0 Å². The summed E-state index contributed by atoms with van der Waals surface area (Å²) in [5.74, 6) is 0. The Morgan fingerprint density at radius 3 is 2.62 bits per heavy atom.